The van der Waals surface area contributed by atoms with Crippen molar-refractivity contribution in [2.24, 2.45) is 10.9 Å². The van der Waals surface area contributed by atoms with E-state index in [9.17, 15) is 13.2 Å². The quantitative estimate of drug-likeness (QED) is 0.417. The van der Waals surface area contributed by atoms with Gasteiger partial charge >= 0.3 is 6.36 Å². The number of rotatable bonds is 5. The fourth-order valence-electron chi connectivity index (χ4n) is 4.52. The fourth-order valence-corrected chi connectivity index (χ4v) is 4.52. The van der Waals surface area contributed by atoms with Gasteiger partial charge in [-0.3, -0.25) is 4.99 Å². The summed E-state index contributed by atoms with van der Waals surface area (Å²) in [5, 5.41) is 3.41. The Kier molecular flexibility index (Phi) is 6.26. The van der Waals surface area contributed by atoms with Crippen LogP contribution < -0.4 is 15.0 Å². The first-order valence-corrected chi connectivity index (χ1v) is 11.7. The Bertz CT molecular complexity index is 1330. The molecule has 1 aromatic heterocycles. The highest BCUT2D eigenvalue weighted by Crippen LogP contribution is 2.44. The van der Waals surface area contributed by atoms with Crippen molar-refractivity contribution in [2.75, 3.05) is 10.2 Å². The molecule has 2 heterocycles. The number of nitrogens with zero attached hydrogens (tertiary/aromatic N) is 3. The number of pyridine rings is 1. The topological polar surface area (TPSA) is 49.8 Å². The molecule has 1 aliphatic heterocycles. The van der Waals surface area contributed by atoms with Crippen LogP contribution in [0.3, 0.4) is 0 Å². The first-order valence-electron chi connectivity index (χ1n) is 11.7. The summed E-state index contributed by atoms with van der Waals surface area (Å²) in [5.74, 6) is 0.503. The summed E-state index contributed by atoms with van der Waals surface area (Å²) in [6.45, 7) is 4.03. The van der Waals surface area contributed by atoms with Gasteiger partial charge in [0.1, 0.15) is 11.6 Å². The number of benzene rings is 2. The molecule has 3 aromatic rings. The fraction of sp³-hybridized carbons (Fsp3) is 0.214. The molecular weight excluding hydrogens is 465 g/mol. The molecule has 5 nitrogen and oxygen atoms in total. The van der Waals surface area contributed by atoms with E-state index in [4.69, 9.17) is 4.99 Å². The summed E-state index contributed by atoms with van der Waals surface area (Å²) in [6, 6.07) is 19.8. The number of nitrogens with one attached hydrogen (secondary N) is 1. The lowest BCUT2D eigenvalue weighted by atomic mass is 9.84. The predicted molar refractivity (Wildman–Crippen MR) is 135 cm³/mol. The second kappa shape index (κ2) is 9.53. The zero-order valence-corrected chi connectivity index (χ0v) is 19.8. The van der Waals surface area contributed by atoms with Crippen molar-refractivity contribution in [1.82, 2.24) is 4.98 Å². The van der Waals surface area contributed by atoms with Crippen molar-refractivity contribution in [1.29, 1.82) is 0 Å². The second-order valence-electron chi connectivity index (χ2n) is 8.91. The molecule has 36 heavy (non-hydrogen) atoms. The minimum absolute atomic E-state index is 0.0309. The molecule has 2 aromatic carbocycles. The number of para-hydroxylation sites is 1. The van der Waals surface area contributed by atoms with Crippen molar-refractivity contribution < 1.29 is 17.9 Å². The third-order valence-corrected chi connectivity index (χ3v) is 5.89. The summed E-state index contributed by atoms with van der Waals surface area (Å²) in [7, 11) is 0. The van der Waals surface area contributed by atoms with Crippen molar-refractivity contribution >= 4 is 22.9 Å². The predicted octanol–water partition coefficient (Wildman–Crippen LogP) is 7.03. The average molecular weight is 491 g/mol. The Hall–Kier alpha value is -4.07. The van der Waals surface area contributed by atoms with E-state index in [0.29, 0.717) is 0 Å². The molecule has 1 unspecified atom stereocenters. The summed E-state index contributed by atoms with van der Waals surface area (Å²) >= 11 is 0. The zero-order chi connectivity index (χ0) is 25.3. The first-order chi connectivity index (χ1) is 17.3. The highest BCUT2D eigenvalue weighted by atomic mass is 19.4. The van der Waals surface area contributed by atoms with Gasteiger partial charge in [0.25, 0.3) is 0 Å². The van der Waals surface area contributed by atoms with Crippen LogP contribution in [-0.4, -0.2) is 23.1 Å². The molecular formula is C28H25F3N4O. The van der Waals surface area contributed by atoms with Gasteiger partial charge in [0.05, 0.1) is 11.4 Å². The molecule has 8 heteroatoms. The normalized spacial score (nSPS) is 18.3. The number of anilines is 3. The smallest absolute Gasteiger partial charge is 0.406 e. The van der Waals surface area contributed by atoms with Gasteiger partial charge in [-0.25, -0.2) is 4.98 Å². The number of aliphatic imine (C=N–C) groups is 1. The van der Waals surface area contributed by atoms with E-state index in [0.717, 1.165) is 46.3 Å². The Balaban J connectivity index is 1.57. The first kappa shape index (κ1) is 23.7. The zero-order valence-electron chi connectivity index (χ0n) is 19.8. The molecule has 0 spiro atoms. The number of hydrogen-bond acceptors (Lipinski definition) is 5. The molecule has 5 rings (SSSR count). The van der Waals surface area contributed by atoms with Gasteiger partial charge in [-0.2, -0.15) is 0 Å². The SMILES string of the molecule is CC(C)N=C1C=C2C(C=C1Nc1ccccn1)Cc1ccccc1N2c1ccc(OC(F)(F)F)cc1. The molecule has 184 valence electrons. The van der Waals surface area contributed by atoms with Crippen LogP contribution in [0.5, 0.6) is 5.75 Å². The number of fused-ring (bicyclic) bond motifs is 2. The van der Waals surface area contributed by atoms with Gasteiger partial charge in [-0.15, -0.1) is 13.2 Å². The molecule has 0 saturated heterocycles. The van der Waals surface area contributed by atoms with Crippen molar-refractivity contribution in [3.63, 3.8) is 0 Å². The highest BCUT2D eigenvalue weighted by Gasteiger charge is 2.34. The minimum Gasteiger partial charge on any atom is -0.406 e. The van der Waals surface area contributed by atoms with Crippen molar-refractivity contribution in [3.8, 4) is 5.75 Å². The van der Waals surface area contributed by atoms with E-state index in [1.165, 1.54) is 12.1 Å². The number of halogens is 3. The number of allylic oxidation sites excluding steroid dienone is 2. The molecule has 0 bridgehead atoms. The van der Waals surface area contributed by atoms with E-state index < -0.39 is 6.36 Å². The Labute approximate surface area is 207 Å². The van der Waals surface area contributed by atoms with Crippen LogP contribution in [0.25, 0.3) is 0 Å². The molecule has 0 radical (unpaired) electrons. The third-order valence-electron chi connectivity index (χ3n) is 5.89. The number of alkyl halides is 3. The number of aromatic nitrogens is 1. The van der Waals surface area contributed by atoms with Crippen LogP contribution in [-0.2, 0) is 6.42 Å². The van der Waals surface area contributed by atoms with E-state index in [1.807, 2.05) is 50.2 Å². The lowest BCUT2D eigenvalue weighted by Gasteiger charge is -2.40. The highest BCUT2D eigenvalue weighted by molar-refractivity contribution is 6.12. The van der Waals surface area contributed by atoms with Crippen molar-refractivity contribution in [3.05, 3.63) is 102 Å². The Morgan fingerprint density at radius 2 is 1.78 bits per heavy atom. The summed E-state index contributed by atoms with van der Waals surface area (Å²) < 4.78 is 42.1. The molecule has 1 N–H and O–H groups in total. The van der Waals surface area contributed by atoms with Crippen LogP contribution in [0.1, 0.15) is 19.4 Å². The molecule has 1 atom stereocenters. The van der Waals surface area contributed by atoms with Crippen LogP contribution in [0.15, 0.2) is 101 Å². The van der Waals surface area contributed by atoms with Gasteiger partial charge in [0, 0.05) is 35.2 Å². The van der Waals surface area contributed by atoms with Gasteiger partial charge in [-0.1, -0.05) is 24.3 Å². The lowest BCUT2D eigenvalue weighted by Crippen LogP contribution is -2.33. The minimum atomic E-state index is -4.74. The largest absolute Gasteiger partial charge is 0.573 e. The Morgan fingerprint density at radius 1 is 1.03 bits per heavy atom. The van der Waals surface area contributed by atoms with Crippen LogP contribution >= 0.6 is 0 Å². The van der Waals surface area contributed by atoms with Crippen LogP contribution in [0.2, 0.25) is 0 Å². The third kappa shape index (κ3) is 5.12. The summed E-state index contributed by atoms with van der Waals surface area (Å²) in [4.78, 5) is 11.3. The maximum atomic E-state index is 12.7. The van der Waals surface area contributed by atoms with Crippen LogP contribution in [0.4, 0.5) is 30.4 Å². The standard InChI is InChI=1S/C28H25F3N4O/c1-18(2)33-24-17-26-20(16-23(24)34-27-9-5-6-14-32-27)15-19-7-3-4-8-25(19)35(26)21-10-12-22(13-11-21)36-28(29,30)31/h3-14,16-18,20H,15H2,1-2H3,(H,32,34). The van der Waals surface area contributed by atoms with Crippen LogP contribution in [0, 0.1) is 5.92 Å². The molecule has 2 aliphatic rings. The van der Waals surface area contributed by atoms with E-state index in [-0.39, 0.29) is 17.7 Å². The molecule has 0 saturated carbocycles. The maximum Gasteiger partial charge on any atom is 0.573 e. The monoisotopic (exact) mass is 490 g/mol. The van der Waals surface area contributed by atoms with Gasteiger partial charge in [0.2, 0.25) is 0 Å². The number of ether oxygens (including phenoxy) is 1. The van der Waals surface area contributed by atoms with E-state index in [2.05, 4.69) is 38.2 Å². The molecule has 0 fully saturated rings. The van der Waals surface area contributed by atoms with E-state index >= 15 is 0 Å². The van der Waals surface area contributed by atoms with Gasteiger partial charge in [-0.05, 0) is 80.4 Å². The molecule has 1 aliphatic carbocycles. The average Bonchev–Trinajstić information content (AvgIpc) is 2.83. The lowest BCUT2D eigenvalue weighted by molar-refractivity contribution is -0.274. The van der Waals surface area contributed by atoms with E-state index in [1.54, 1.807) is 18.3 Å². The maximum absolute atomic E-state index is 12.7. The second-order valence-corrected chi connectivity index (χ2v) is 8.91. The summed E-state index contributed by atoms with van der Waals surface area (Å²) in [6.07, 6.45) is 2.01. The van der Waals surface area contributed by atoms with Gasteiger partial charge in [0.15, 0.2) is 0 Å². The Morgan fingerprint density at radius 3 is 2.47 bits per heavy atom. The van der Waals surface area contributed by atoms with Gasteiger partial charge < -0.3 is 15.0 Å². The summed E-state index contributed by atoms with van der Waals surface area (Å²) in [5.41, 5.74) is 5.55. The number of hydrogen-bond donors (Lipinski definition) is 1. The van der Waals surface area contributed by atoms with Crippen molar-refractivity contribution in [2.45, 2.75) is 32.7 Å². The molecule has 0 amide bonds.